The van der Waals surface area contributed by atoms with Crippen LogP contribution in [0.2, 0.25) is 0 Å². The Hall–Kier alpha value is -2.34. The molecule has 0 aliphatic carbocycles. The van der Waals surface area contributed by atoms with Gasteiger partial charge in [-0.15, -0.1) is 0 Å². The molecular weight excluding hydrogens is 250 g/mol. The van der Waals surface area contributed by atoms with E-state index in [0.29, 0.717) is 5.56 Å². The number of carbonyl (C=O) groups excluding carboxylic acids is 1. The molecule has 102 valence electrons. The molecule has 0 fully saturated rings. The summed E-state index contributed by atoms with van der Waals surface area (Å²) >= 11 is 0. The van der Waals surface area contributed by atoms with Crippen molar-refractivity contribution in [2.24, 2.45) is 0 Å². The predicted molar refractivity (Wildman–Crippen MR) is 68.4 cm³/mol. The van der Waals surface area contributed by atoms with Crippen molar-refractivity contribution in [1.29, 1.82) is 0 Å². The van der Waals surface area contributed by atoms with Gasteiger partial charge in [0.25, 0.3) is 0 Å². The lowest BCUT2D eigenvalue weighted by molar-refractivity contribution is -0.141. The van der Waals surface area contributed by atoms with Crippen LogP contribution in [0.5, 0.6) is 5.75 Å². The highest BCUT2D eigenvalue weighted by Crippen LogP contribution is 2.10. The predicted octanol–water partition coefficient (Wildman–Crippen LogP) is 0.357. The van der Waals surface area contributed by atoms with Gasteiger partial charge in [0.1, 0.15) is 11.8 Å². The molecule has 4 N–H and O–H groups in total. The van der Waals surface area contributed by atoms with Crippen molar-refractivity contribution >= 4 is 18.0 Å². The minimum absolute atomic E-state index is 0.0475. The summed E-state index contributed by atoms with van der Waals surface area (Å²) in [5, 5.41) is 28.8. The van der Waals surface area contributed by atoms with Crippen LogP contribution in [0.1, 0.15) is 12.0 Å². The molecule has 0 radical (unpaired) electrons. The number of aromatic hydroxyl groups is 1. The number of hydrogen-bond donors (Lipinski definition) is 4. The molecule has 1 amide bonds. The van der Waals surface area contributed by atoms with Gasteiger partial charge < -0.3 is 20.6 Å². The zero-order valence-corrected chi connectivity index (χ0v) is 10.1. The zero-order valence-electron chi connectivity index (χ0n) is 10.1. The Bertz CT molecular complexity index is 466. The Labute approximate surface area is 110 Å². The fourth-order valence-corrected chi connectivity index (χ4v) is 1.36. The second kappa shape index (κ2) is 7.17. The summed E-state index contributed by atoms with van der Waals surface area (Å²) in [5.74, 6) is -1.63. The van der Waals surface area contributed by atoms with E-state index in [1.54, 1.807) is 12.1 Å². The van der Waals surface area contributed by atoms with Gasteiger partial charge in [-0.05, 0) is 23.8 Å². The number of aliphatic hydroxyl groups is 1. The van der Waals surface area contributed by atoms with Gasteiger partial charge in [-0.1, -0.05) is 12.1 Å². The van der Waals surface area contributed by atoms with E-state index in [0.717, 1.165) is 0 Å². The lowest BCUT2D eigenvalue weighted by Crippen LogP contribution is -2.40. The monoisotopic (exact) mass is 265 g/mol. The first-order chi connectivity index (χ1) is 9.02. The summed E-state index contributed by atoms with van der Waals surface area (Å²) in [6.07, 6.45) is 2.64. The van der Waals surface area contributed by atoms with Crippen molar-refractivity contribution < 1.29 is 24.9 Å². The van der Waals surface area contributed by atoms with E-state index < -0.39 is 17.9 Å². The molecule has 0 saturated heterocycles. The summed E-state index contributed by atoms with van der Waals surface area (Å²) < 4.78 is 0. The molecule has 0 heterocycles. The van der Waals surface area contributed by atoms with E-state index in [9.17, 15) is 9.59 Å². The highest BCUT2D eigenvalue weighted by atomic mass is 16.4. The first-order valence-electron chi connectivity index (χ1n) is 5.64. The number of phenols is 1. The first-order valence-corrected chi connectivity index (χ1v) is 5.64. The molecule has 1 atom stereocenters. The standard InChI is InChI=1S/C13H15NO5/c15-8-7-11(13(18)19)14-12(17)6-3-9-1-4-10(16)5-2-9/h1-6,11,15-16H,7-8H2,(H,14,17)(H,18,19). The fourth-order valence-electron chi connectivity index (χ4n) is 1.36. The van der Waals surface area contributed by atoms with Crippen LogP contribution in [0, 0.1) is 0 Å². The number of carbonyl (C=O) groups is 2. The molecule has 0 aliphatic rings. The Morgan fingerprint density at radius 1 is 1.26 bits per heavy atom. The smallest absolute Gasteiger partial charge is 0.326 e. The highest BCUT2D eigenvalue weighted by molar-refractivity contribution is 5.94. The van der Waals surface area contributed by atoms with Crippen molar-refractivity contribution in [1.82, 2.24) is 5.32 Å². The lowest BCUT2D eigenvalue weighted by Gasteiger charge is -2.11. The van der Waals surface area contributed by atoms with Crippen LogP contribution >= 0.6 is 0 Å². The molecule has 1 rings (SSSR count). The third-order valence-electron chi connectivity index (χ3n) is 2.35. The van der Waals surface area contributed by atoms with E-state index in [1.165, 1.54) is 24.3 Å². The number of nitrogens with one attached hydrogen (secondary N) is 1. The number of carboxylic acid groups (broad SMARTS) is 1. The average molecular weight is 265 g/mol. The molecule has 6 heteroatoms. The van der Waals surface area contributed by atoms with Gasteiger partial charge in [0, 0.05) is 19.1 Å². The van der Waals surface area contributed by atoms with Crippen molar-refractivity contribution in [3.05, 3.63) is 35.9 Å². The Kier molecular flexibility index (Phi) is 5.56. The molecule has 6 nitrogen and oxygen atoms in total. The van der Waals surface area contributed by atoms with E-state index in [2.05, 4.69) is 5.32 Å². The Morgan fingerprint density at radius 2 is 1.89 bits per heavy atom. The summed E-state index contributed by atoms with van der Waals surface area (Å²) in [5.41, 5.74) is 0.696. The molecule has 1 aromatic carbocycles. The average Bonchev–Trinajstić information content (AvgIpc) is 2.37. The van der Waals surface area contributed by atoms with Crippen LogP contribution in [-0.4, -0.2) is 39.8 Å². The van der Waals surface area contributed by atoms with Gasteiger partial charge in [-0.25, -0.2) is 4.79 Å². The third-order valence-corrected chi connectivity index (χ3v) is 2.35. The van der Waals surface area contributed by atoms with E-state index in [1.807, 2.05) is 0 Å². The summed E-state index contributed by atoms with van der Waals surface area (Å²) in [4.78, 5) is 22.2. The van der Waals surface area contributed by atoms with Gasteiger partial charge in [-0.2, -0.15) is 0 Å². The molecule has 1 unspecified atom stereocenters. The summed E-state index contributed by atoms with van der Waals surface area (Å²) in [7, 11) is 0. The molecule has 19 heavy (non-hydrogen) atoms. The van der Waals surface area contributed by atoms with Crippen LogP contribution in [0.15, 0.2) is 30.3 Å². The van der Waals surface area contributed by atoms with Crippen LogP contribution in [0.4, 0.5) is 0 Å². The number of benzene rings is 1. The lowest BCUT2D eigenvalue weighted by atomic mass is 10.2. The molecule has 0 bridgehead atoms. The van der Waals surface area contributed by atoms with Gasteiger partial charge in [-0.3, -0.25) is 4.79 Å². The number of aliphatic carboxylic acids is 1. The maximum Gasteiger partial charge on any atom is 0.326 e. The van der Waals surface area contributed by atoms with Crippen molar-refractivity contribution in [2.75, 3.05) is 6.61 Å². The number of carboxylic acids is 1. The SMILES string of the molecule is O=C(C=Cc1ccc(O)cc1)NC(CCO)C(=O)O. The largest absolute Gasteiger partial charge is 0.508 e. The second-order valence-corrected chi connectivity index (χ2v) is 3.84. The minimum atomic E-state index is -1.19. The van der Waals surface area contributed by atoms with Crippen molar-refractivity contribution in [3.8, 4) is 5.75 Å². The molecule has 0 aliphatic heterocycles. The number of aliphatic hydroxyl groups excluding tert-OH is 1. The summed E-state index contributed by atoms with van der Waals surface area (Å²) in [6.45, 7) is -0.321. The van der Waals surface area contributed by atoms with Crippen LogP contribution in [-0.2, 0) is 9.59 Å². The summed E-state index contributed by atoms with van der Waals surface area (Å²) in [6, 6.07) is 5.07. The number of amides is 1. The quantitative estimate of drug-likeness (QED) is 0.555. The minimum Gasteiger partial charge on any atom is -0.508 e. The van der Waals surface area contributed by atoms with E-state index in [-0.39, 0.29) is 18.8 Å². The molecule has 1 aromatic rings. The van der Waals surface area contributed by atoms with Crippen molar-refractivity contribution in [2.45, 2.75) is 12.5 Å². The normalized spacial score (nSPS) is 12.3. The van der Waals surface area contributed by atoms with Gasteiger partial charge >= 0.3 is 5.97 Å². The van der Waals surface area contributed by atoms with Gasteiger partial charge in [0.15, 0.2) is 0 Å². The fraction of sp³-hybridized carbons (Fsp3) is 0.231. The number of hydrogen-bond acceptors (Lipinski definition) is 4. The van der Waals surface area contributed by atoms with E-state index in [4.69, 9.17) is 15.3 Å². The third kappa shape index (κ3) is 5.22. The highest BCUT2D eigenvalue weighted by Gasteiger charge is 2.17. The number of rotatable bonds is 6. The second-order valence-electron chi connectivity index (χ2n) is 3.84. The van der Waals surface area contributed by atoms with Crippen LogP contribution in [0.25, 0.3) is 6.08 Å². The van der Waals surface area contributed by atoms with E-state index >= 15 is 0 Å². The Balaban J connectivity index is 2.58. The Morgan fingerprint density at radius 3 is 2.42 bits per heavy atom. The molecular formula is C13H15NO5. The maximum atomic E-state index is 11.5. The van der Waals surface area contributed by atoms with Crippen LogP contribution < -0.4 is 5.32 Å². The van der Waals surface area contributed by atoms with Crippen molar-refractivity contribution in [3.63, 3.8) is 0 Å². The molecule has 0 spiro atoms. The first kappa shape index (κ1) is 14.7. The van der Waals surface area contributed by atoms with Gasteiger partial charge in [0.05, 0.1) is 0 Å². The van der Waals surface area contributed by atoms with Gasteiger partial charge in [0.2, 0.25) is 5.91 Å². The zero-order chi connectivity index (χ0) is 14.3. The molecule has 0 aromatic heterocycles. The molecule has 0 saturated carbocycles. The number of phenolic OH excluding ortho intramolecular Hbond substituents is 1. The van der Waals surface area contributed by atoms with Crippen LogP contribution in [0.3, 0.4) is 0 Å². The maximum absolute atomic E-state index is 11.5. The topological polar surface area (TPSA) is 107 Å².